The minimum Gasteiger partial charge on any atom is -0.472 e. The Hall–Kier alpha value is -4.30. The summed E-state index contributed by atoms with van der Waals surface area (Å²) < 4.78 is 5.28. The lowest BCUT2D eigenvalue weighted by molar-refractivity contribution is 0.402. The third-order valence-corrected chi connectivity index (χ3v) is 5.66. The quantitative estimate of drug-likeness (QED) is 0.400. The first-order chi connectivity index (χ1) is 16.2. The first kappa shape index (κ1) is 19.4. The van der Waals surface area contributed by atoms with Crippen LogP contribution in [0.3, 0.4) is 0 Å². The number of nitrogens with one attached hydrogen (secondary N) is 2. The van der Waals surface area contributed by atoms with E-state index in [9.17, 15) is 0 Å². The van der Waals surface area contributed by atoms with Crippen molar-refractivity contribution in [2.75, 3.05) is 14.1 Å². The van der Waals surface area contributed by atoms with Crippen LogP contribution in [0.2, 0.25) is 0 Å². The first-order valence-corrected chi connectivity index (χ1v) is 10.6. The maximum atomic E-state index is 5.28. The summed E-state index contributed by atoms with van der Waals surface area (Å²) in [6, 6.07) is 10.2. The fraction of sp³-hybridized carbons (Fsp3) is 0.120. The topological polar surface area (TPSA) is 99.5 Å². The van der Waals surface area contributed by atoms with Crippen molar-refractivity contribution >= 4 is 21.9 Å². The smallest absolute Gasteiger partial charge is 0.138 e. The Morgan fingerprint density at radius 2 is 1.91 bits per heavy atom. The molecule has 6 rings (SSSR count). The molecule has 0 unspecified atom stereocenters. The van der Waals surface area contributed by atoms with Crippen LogP contribution in [0.1, 0.15) is 5.56 Å². The average Bonchev–Trinajstić information content (AvgIpc) is 3.57. The molecule has 0 aliphatic carbocycles. The Morgan fingerprint density at radius 3 is 2.76 bits per heavy atom. The van der Waals surface area contributed by atoms with Gasteiger partial charge in [-0.3, -0.25) is 15.1 Å². The largest absolute Gasteiger partial charge is 0.472 e. The highest BCUT2D eigenvalue weighted by molar-refractivity contribution is 6.00. The molecular weight excluding hydrogens is 414 g/mol. The van der Waals surface area contributed by atoms with Crippen molar-refractivity contribution in [1.82, 2.24) is 35.0 Å². The van der Waals surface area contributed by atoms with Gasteiger partial charge in [0.2, 0.25) is 0 Å². The van der Waals surface area contributed by atoms with Gasteiger partial charge in [0.05, 0.1) is 35.6 Å². The monoisotopic (exact) mass is 435 g/mol. The molecule has 2 N–H and O–H groups in total. The van der Waals surface area contributed by atoms with E-state index in [2.05, 4.69) is 53.2 Å². The van der Waals surface area contributed by atoms with Crippen LogP contribution in [0.4, 0.5) is 0 Å². The highest BCUT2D eigenvalue weighted by Gasteiger charge is 2.16. The number of pyridine rings is 3. The third kappa shape index (κ3) is 3.46. The number of furan rings is 1. The summed E-state index contributed by atoms with van der Waals surface area (Å²) >= 11 is 0. The highest BCUT2D eigenvalue weighted by atomic mass is 16.3. The van der Waals surface area contributed by atoms with Crippen LogP contribution in [-0.4, -0.2) is 49.1 Å². The van der Waals surface area contributed by atoms with Crippen molar-refractivity contribution in [1.29, 1.82) is 0 Å². The molecule has 0 fully saturated rings. The number of aromatic nitrogens is 6. The predicted molar refractivity (Wildman–Crippen MR) is 127 cm³/mol. The van der Waals surface area contributed by atoms with Crippen LogP contribution in [0, 0.1) is 0 Å². The van der Waals surface area contributed by atoms with Gasteiger partial charge in [-0.15, -0.1) is 0 Å². The number of aromatic amines is 2. The molecule has 8 heteroatoms. The van der Waals surface area contributed by atoms with Crippen LogP contribution < -0.4 is 0 Å². The van der Waals surface area contributed by atoms with Gasteiger partial charge in [0.1, 0.15) is 11.3 Å². The Bertz CT molecular complexity index is 1580. The second-order valence-electron chi connectivity index (χ2n) is 8.32. The molecule has 8 nitrogen and oxygen atoms in total. The molecule has 0 bridgehead atoms. The number of rotatable bonds is 5. The van der Waals surface area contributed by atoms with Gasteiger partial charge in [-0.2, -0.15) is 5.10 Å². The van der Waals surface area contributed by atoms with Gasteiger partial charge < -0.3 is 14.3 Å². The second kappa shape index (κ2) is 7.68. The van der Waals surface area contributed by atoms with Crippen LogP contribution in [0.5, 0.6) is 0 Å². The molecule has 0 amide bonds. The van der Waals surface area contributed by atoms with E-state index in [4.69, 9.17) is 4.42 Å². The van der Waals surface area contributed by atoms with Crippen molar-refractivity contribution < 1.29 is 4.42 Å². The van der Waals surface area contributed by atoms with E-state index in [1.165, 1.54) is 0 Å². The molecule has 6 aromatic heterocycles. The number of hydrogen-bond donors (Lipinski definition) is 2. The number of hydrogen-bond acceptors (Lipinski definition) is 6. The zero-order valence-electron chi connectivity index (χ0n) is 18.2. The third-order valence-electron chi connectivity index (χ3n) is 5.66. The molecule has 162 valence electrons. The summed E-state index contributed by atoms with van der Waals surface area (Å²) in [7, 11) is 4.09. The van der Waals surface area contributed by atoms with E-state index in [0.29, 0.717) is 0 Å². The molecular formula is C25H21N7O. The first-order valence-electron chi connectivity index (χ1n) is 10.6. The summed E-state index contributed by atoms with van der Waals surface area (Å²) in [5, 5.41) is 9.67. The lowest BCUT2D eigenvalue weighted by Gasteiger charge is -2.10. The van der Waals surface area contributed by atoms with Gasteiger partial charge in [-0.25, -0.2) is 4.98 Å². The highest BCUT2D eigenvalue weighted by Crippen LogP contribution is 2.34. The maximum Gasteiger partial charge on any atom is 0.138 e. The molecule has 0 radical (unpaired) electrons. The Kier molecular flexibility index (Phi) is 4.51. The van der Waals surface area contributed by atoms with Crippen LogP contribution in [-0.2, 0) is 6.54 Å². The normalized spacial score (nSPS) is 11.7. The van der Waals surface area contributed by atoms with E-state index >= 15 is 0 Å². The zero-order chi connectivity index (χ0) is 22.4. The van der Waals surface area contributed by atoms with Gasteiger partial charge in [0.15, 0.2) is 0 Å². The van der Waals surface area contributed by atoms with E-state index in [1.54, 1.807) is 18.7 Å². The summed E-state index contributed by atoms with van der Waals surface area (Å²) in [6.07, 6.45) is 10.8. The lowest BCUT2D eigenvalue weighted by Crippen LogP contribution is -2.10. The van der Waals surface area contributed by atoms with E-state index in [1.807, 2.05) is 44.8 Å². The average molecular weight is 435 g/mol. The summed E-state index contributed by atoms with van der Waals surface area (Å²) in [5.41, 5.74) is 8.41. The van der Waals surface area contributed by atoms with E-state index < -0.39 is 0 Å². The van der Waals surface area contributed by atoms with Gasteiger partial charge in [-0.1, -0.05) is 0 Å². The molecule has 0 aliphatic rings. The van der Waals surface area contributed by atoms with Crippen molar-refractivity contribution in [3.8, 4) is 33.8 Å². The SMILES string of the molecule is CN(C)Cc1cncc(-c2cc3c(-c4cc5c(-c6ccoc6)ccnc5[nH]4)n[nH]c3cn2)c1. The molecule has 33 heavy (non-hydrogen) atoms. The van der Waals surface area contributed by atoms with Crippen molar-refractivity contribution in [2.45, 2.75) is 6.54 Å². The van der Waals surface area contributed by atoms with Gasteiger partial charge >= 0.3 is 0 Å². The minimum absolute atomic E-state index is 0.801. The summed E-state index contributed by atoms with van der Waals surface area (Å²) in [4.78, 5) is 19.1. The number of H-pyrrole nitrogens is 2. The van der Waals surface area contributed by atoms with Gasteiger partial charge in [-0.05, 0) is 55.6 Å². The van der Waals surface area contributed by atoms with Crippen LogP contribution in [0.25, 0.3) is 55.7 Å². The van der Waals surface area contributed by atoms with Crippen LogP contribution in [0.15, 0.2) is 72.1 Å². The molecule has 0 spiro atoms. The molecule has 0 atom stereocenters. The molecule has 0 aromatic carbocycles. The van der Waals surface area contributed by atoms with Crippen LogP contribution >= 0.6 is 0 Å². The number of fused-ring (bicyclic) bond motifs is 2. The summed E-state index contributed by atoms with van der Waals surface area (Å²) in [6.45, 7) is 0.821. The maximum absolute atomic E-state index is 5.28. The van der Waals surface area contributed by atoms with Gasteiger partial charge in [0.25, 0.3) is 0 Å². The standard InChI is InChI=1S/C25H21N7O/c1-32(2)13-15-7-17(11-26-10-15)21-9-20-23(12-28-21)30-31-24(20)22-8-19-18(16-4-6-33-14-16)3-5-27-25(19)29-22/h3-12,14H,13H2,1-2H3,(H,27,29)(H,30,31). The lowest BCUT2D eigenvalue weighted by atomic mass is 10.1. The minimum atomic E-state index is 0.801. The molecule has 0 aliphatic heterocycles. The van der Waals surface area contributed by atoms with Crippen molar-refractivity contribution in [2.24, 2.45) is 0 Å². The van der Waals surface area contributed by atoms with Crippen molar-refractivity contribution in [3.05, 3.63) is 73.2 Å². The second-order valence-corrected chi connectivity index (χ2v) is 8.32. The van der Waals surface area contributed by atoms with E-state index in [-0.39, 0.29) is 0 Å². The van der Waals surface area contributed by atoms with Gasteiger partial charge in [0, 0.05) is 47.0 Å². The summed E-state index contributed by atoms with van der Waals surface area (Å²) in [5.74, 6) is 0. The fourth-order valence-electron chi connectivity index (χ4n) is 4.18. The fourth-order valence-corrected chi connectivity index (χ4v) is 4.18. The Morgan fingerprint density at radius 1 is 0.970 bits per heavy atom. The van der Waals surface area contributed by atoms with Crippen molar-refractivity contribution in [3.63, 3.8) is 0 Å². The molecule has 6 heterocycles. The molecule has 0 saturated heterocycles. The van der Waals surface area contributed by atoms with E-state index in [0.717, 1.165) is 67.8 Å². The number of nitrogens with zero attached hydrogens (tertiary/aromatic N) is 5. The molecule has 0 saturated carbocycles. The molecule has 6 aromatic rings. The predicted octanol–water partition coefficient (Wildman–Crippen LogP) is 4.88. The Labute approximate surface area is 189 Å². The Balaban J connectivity index is 1.45. The zero-order valence-corrected chi connectivity index (χ0v) is 18.2.